The molecule has 0 fully saturated rings. The number of hydrogen-bond acceptors (Lipinski definition) is 6. The molecule has 0 radical (unpaired) electrons. The summed E-state index contributed by atoms with van der Waals surface area (Å²) in [5.74, 6) is -1.04. The van der Waals surface area contributed by atoms with Crippen molar-refractivity contribution >= 4 is 32.3 Å². The number of carbonyl (C=O) groups is 1. The van der Waals surface area contributed by atoms with Crippen molar-refractivity contribution in [2.75, 3.05) is 18.7 Å². The summed E-state index contributed by atoms with van der Waals surface area (Å²) in [5.41, 5.74) is 0.962. The van der Waals surface area contributed by atoms with Gasteiger partial charge >= 0.3 is 0 Å². The second-order valence-corrected chi connectivity index (χ2v) is 9.20. The van der Waals surface area contributed by atoms with Crippen molar-refractivity contribution < 1.29 is 27.1 Å². The van der Waals surface area contributed by atoms with Crippen LogP contribution in [0.25, 0.3) is 10.9 Å². The standard InChI is InChI=1S/C24H19FN2O5S/c1-31-22-11-10-17(14-20(22)25)32-24-19(12-15-6-3-4-9-21(15)27-24)23(28)26-16-7-5-8-18(13-16)33(2,29)30/h3-14H,1-2H3,(H,26,28). The average molecular weight is 466 g/mol. The lowest BCUT2D eigenvalue weighted by molar-refractivity contribution is 0.102. The number of carbonyl (C=O) groups excluding carboxylic acids is 1. The van der Waals surface area contributed by atoms with Crippen LogP contribution in [0.4, 0.5) is 10.1 Å². The van der Waals surface area contributed by atoms with Crippen LogP contribution in [-0.2, 0) is 9.84 Å². The molecule has 4 aromatic rings. The van der Waals surface area contributed by atoms with Crippen LogP contribution >= 0.6 is 0 Å². The fourth-order valence-electron chi connectivity index (χ4n) is 3.16. The van der Waals surface area contributed by atoms with Crippen LogP contribution in [0.5, 0.6) is 17.4 Å². The van der Waals surface area contributed by atoms with E-state index in [-0.39, 0.29) is 33.5 Å². The fraction of sp³-hybridized carbons (Fsp3) is 0.0833. The summed E-state index contributed by atoms with van der Waals surface area (Å²) in [4.78, 5) is 17.6. The van der Waals surface area contributed by atoms with Crippen LogP contribution in [0.2, 0.25) is 0 Å². The molecular weight excluding hydrogens is 447 g/mol. The van der Waals surface area contributed by atoms with Gasteiger partial charge in [0.1, 0.15) is 11.3 Å². The predicted molar refractivity (Wildman–Crippen MR) is 122 cm³/mol. The predicted octanol–water partition coefficient (Wildman–Crippen LogP) is 4.83. The van der Waals surface area contributed by atoms with E-state index in [1.54, 1.807) is 36.4 Å². The first-order valence-corrected chi connectivity index (χ1v) is 11.7. The summed E-state index contributed by atoms with van der Waals surface area (Å²) in [5, 5.41) is 3.37. The molecule has 33 heavy (non-hydrogen) atoms. The number of nitrogens with one attached hydrogen (secondary N) is 1. The van der Waals surface area contributed by atoms with Crippen LogP contribution in [-0.4, -0.2) is 32.7 Å². The smallest absolute Gasteiger partial charge is 0.261 e. The minimum absolute atomic E-state index is 0.0324. The van der Waals surface area contributed by atoms with E-state index in [9.17, 15) is 17.6 Å². The van der Waals surface area contributed by atoms with Gasteiger partial charge in [-0.1, -0.05) is 24.3 Å². The molecule has 1 aromatic heterocycles. The molecule has 1 heterocycles. The van der Waals surface area contributed by atoms with Crippen LogP contribution in [0.15, 0.2) is 77.7 Å². The number of para-hydroxylation sites is 1. The third-order valence-electron chi connectivity index (χ3n) is 4.79. The first kappa shape index (κ1) is 22.2. The van der Waals surface area contributed by atoms with Gasteiger partial charge in [0.15, 0.2) is 21.4 Å². The normalized spacial score (nSPS) is 11.2. The Bertz CT molecular complexity index is 1470. The molecule has 9 heteroatoms. The highest BCUT2D eigenvalue weighted by Gasteiger charge is 2.18. The molecule has 3 aromatic carbocycles. The van der Waals surface area contributed by atoms with Gasteiger partial charge in [-0.25, -0.2) is 17.8 Å². The minimum atomic E-state index is -3.45. The maximum Gasteiger partial charge on any atom is 0.261 e. The van der Waals surface area contributed by atoms with Crippen molar-refractivity contribution in [1.29, 1.82) is 0 Å². The Hall–Kier alpha value is -3.98. The highest BCUT2D eigenvalue weighted by Crippen LogP contribution is 2.30. The molecule has 0 aliphatic carbocycles. The van der Waals surface area contributed by atoms with Crippen molar-refractivity contribution in [3.05, 3.63) is 84.2 Å². The van der Waals surface area contributed by atoms with E-state index in [0.717, 1.165) is 12.3 Å². The van der Waals surface area contributed by atoms with Crippen LogP contribution in [0.3, 0.4) is 0 Å². The maximum absolute atomic E-state index is 14.1. The zero-order valence-electron chi connectivity index (χ0n) is 17.7. The van der Waals surface area contributed by atoms with Crippen molar-refractivity contribution in [3.8, 4) is 17.4 Å². The molecule has 0 aliphatic rings. The number of anilines is 1. The van der Waals surface area contributed by atoms with Crippen LogP contribution in [0, 0.1) is 5.82 Å². The van der Waals surface area contributed by atoms with Gasteiger partial charge in [0, 0.05) is 23.4 Å². The van der Waals surface area contributed by atoms with Gasteiger partial charge in [0.05, 0.1) is 17.5 Å². The number of pyridine rings is 1. The van der Waals surface area contributed by atoms with Gasteiger partial charge in [-0.2, -0.15) is 0 Å². The Balaban J connectivity index is 1.73. The number of sulfone groups is 1. The zero-order chi connectivity index (χ0) is 23.6. The van der Waals surface area contributed by atoms with Crippen LogP contribution < -0.4 is 14.8 Å². The van der Waals surface area contributed by atoms with E-state index in [1.807, 2.05) is 0 Å². The van der Waals surface area contributed by atoms with Gasteiger partial charge in [0.2, 0.25) is 5.88 Å². The number of rotatable bonds is 6. The second kappa shape index (κ2) is 8.87. The van der Waals surface area contributed by atoms with Gasteiger partial charge in [0.25, 0.3) is 5.91 Å². The highest BCUT2D eigenvalue weighted by molar-refractivity contribution is 7.90. The summed E-state index contributed by atoms with van der Waals surface area (Å²) < 4.78 is 48.5. The molecule has 0 aliphatic heterocycles. The number of fused-ring (bicyclic) bond motifs is 1. The van der Waals surface area contributed by atoms with Gasteiger partial charge in [-0.3, -0.25) is 4.79 Å². The van der Waals surface area contributed by atoms with Crippen molar-refractivity contribution in [2.24, 2.45) is 0 Å². The summed E-state index contributed by atoms with van der Waals surface area (Å²) in [6, 6.07) is 18.7. The molecule has 0 saturated carbocycles. The SMILES string of the molecule is COc1ccc(Oc2nc3ccccc3cc2C(=O)Nc2cccc(S(C)(=O)=O)c2)cc1F. The number of hydrogen-bond donors (Lipinski definition) is 1. The van der Waals surface area contributed by atoms with Gasteiger partial charge < -0.3 is 14.8 Å². The van der Waals surface area contributed by atoms with Gasteiger partial charge in [-0.15, -0.1) is 0 Å². The Morgan fingerprint density at radius 3 is 2.52 bits per heavy atom. The van der Waals surface area contributed by atoms with E-state index in [0.29, 0.717) is 10.9 Å². The number of halogens is 1. The molecule has 1 amide bonds. The monoisotopic (exact) mass is 466 g/mol. The van der Waals surface area contributed by atoms with E-state index >= 15 is 0 Å². The Morgan fingerprint density at radius 2 is 1.79 bits per heavy atom. The lowest BCUT2D eigenvalue weighted by atomic mass is 10.1. The quantitative estimate of drug-likeness (QED) is 0.437. The Labute approximate surface area is 189 Å². The number of aromatic nitrogens is 1. The van der Waals surface area contributed by atoms with Crippen LogP contribution in [0.1, 0.15) is 10.4 Å². The number of ether oxygens (including phenoxy) is 2. The molecule has 0 saturated heterocycles. The first-order valence-electron chi connectivity index (χ1n) is 9.77. The van der Waals surface area contributed by atoms with E-state index in [2.05, 4.69) is 10.3 Å². The third kappa shape index (κ3) is 4.93. The largest absolute Gasteiger partial charge is 0.494 e. The molecular formula is C24H19FN2O5S. The topological polar surface area (TPSA) is 94.6 Å². The molecule has 7 nitrogen and oxygen atoms in total. The molecule has 1 N–H and O–H groups in total. The molecule has 4 rings (SSSR count). The highest BCUT2D eigenvalue weighted by atomic mass is 32.2. The molecule has 0 bridgehead atoms. The molecule has 0 spiro atoms. The lowest BCUT2D eigenvalue weighted by Gasteiger charge is -2.13. The average Bonchev–Trinajstić information content (AvgIpc) is 2.78. The summed E-state index contributed by atoms with van der Waals surface area (Å²) >= 11 is 0. The number of amides is 1. The fourth-order valence-corrected chi connectivity index (χ4v) is 3.83. The van der Waals surface area contributed by atoms with E-state index in [4.69, 9.17) is 9.47 Å². The summed E-state index contributed by atoms with van der Waals surface area (Å²) in [6.45, 7) is 0. The maximum atomic E-state index is 14.1. The molecule has 0 atom stereocenters. The van der Waals surface area contributed by atoms with Crippen molar-refractivity contribution in [3.63, 3.8) is 0 Å². The van der Waals surface area contributed by atoms with Gasteiger partial charge in [-0.05, 0) is 42.5 Å². The molecule has 0 unspecified atom stereocenters. The van der Waals surface area contributed by atoms with Crippen molar-refractivity contribution in [2.45, 2.75) is 4.90 Å². The number of benzene rings is 3. The second-order valence-electron chi connectivity index (χ2n) is 7.19. The first-order chi connectivity index (χ1) is 15.7. The number of nitrogens with zero attached hydrogens (tertiary/aromatic N) is 1. The van der Waals surface area contributed by atoms with E-state index in [1.165, 1.54) is 37.4 Å². The number of methoxy groups -OCH3 is 1. The lowest BCUT2D eigenvalue weighted by Crippen LogP contribution is -2.14. The zero-order valence-corrected chi connectivity index (χ0v) is 18.5. The molecule has 168 valence electrons. The van der Waals surface area contributed by atoms with E-state index < -0.39 is 21.6 Å². The summed E-state index contributed by atoms with van der Waals surface area (Å²) in [6.07, 6.45) is 1.08. The third-order valence-corrected chi connectivity index (χ3v) is 5.90. The Morgan fingerprint density at radius 1 is 1.00 bits per heavy atom. The Kier molecular flexibility index (Phi) is 5.97. The summed E-state index contributed by atoms with van der Waals surface area (Å²) in [7, 11) is -2.10. The van der Waals surface area contributed by atoms with Crippen molar-refractivity contribution in [1.82, 2.24) is 4.98 Å². The minimum Gasteiger partial charge on any atom is -0.494 e.